The van der Waals surface area contributed by atoms with E-state index >= 15 is 0 Å². The lowest BCUT2D eigenvalue weighted by Gasteiger charge is -1.98. The molecule has 13 heavy (non-hydrogen) atoms. The van der Waals surface area contributed by atoms with Crippen LogP contribution in [0.4, 0.5) is 5.69 Å². The molecular weight excluding hydrogens is 174 g/mol. The Hall–Kier alpha value is -1.91. The van der Waals surface area contributed by atoms with Gasteiger partial charge in [0.1, 0.15) is 5.56 Å². The Morgan fingerprint density at radius 1 is 1.46 bits per heavy atom. The largest absolute Gasteiger partial charge is 0.393 e. The molecule has 0 heterocycles. The number of nitrogens with zero attached hydrogens (tertiary/aromatic N) is 1. The van der Waals surface area contributed by atoms with E-state index < -0.39 is 16.6 Å². The fourth-order valence-electron chi connectivity index (χ4n) is 1.07. The van der Waals surface area contributed by atoms with Crippen molar-refractivity contribution in [3.05, 3.63) is 39.4 Å². The van der Waals surface area contributed by atoms with Crippen molar-refractivity contribution in [2.24, 2.45) is 0 Å². The van der Waals surface area contributed by atoms with E-state index in [2.05, 4.69) is 0 Å². The van der Waals surface area contributed by atoms with Gasteiger partial charge in [0.15, 0.2) is 0 Å². The summed E-state index contributed by atoms with van der Waals surface area (Å²) in [5, 5.41) is 20.9. The molecule has 5 nitrogen and oxygen atoms in total. The molecule has 0 fully saturated rings. The van der Waals surface area contributed by atoms with Crippen LogP contribution in [-0.2, 0) is 5.11 Å². The van der Waals surface area contributed by atoms with Crippen LogP contribution in [-0.4, -0.2) is 10.9 Å². The Morgan fingerprint density at radius 2 is 2.08 bits per heavy atom. The number of rotatable bonds is 2. The molecular formula is C8H6NO4. The third-order valence-corrected chi connectivity index (χ3v) is 1.65. The Morgan fingerprint density at radius 3 is 2.46 bits per heavy atom. The number of aryl methyl sites for hydroxylation is 1. The highest BCUT2D eigenvalue weighted by atomic mass is 16.6. The average Bonchev–Trinajstić information content (AvgIpc) is 2.02. The van der Waals surface area contributed by atoms with Crippen molar-refractivity contribution in [2.45, 2.75) is 6.92 Å². The molecule has 0 N–H and O–H groups in total. The molecule has 0 aliphatic heterocycles. The van der Waals surface area contributed by atoms with E-state index in [1.807, 2.05) is 0 Å². The Kier molecular flexibility index (Phi) is 2.27. The summed E-state index contributed by atoms with van der Waals surface area (Å²) in [5.41, 5.74) is -0.457. The SMILES string of the molecule is Cc1cccc([N+](=O)[O-])c1C([O])=O. The van der Waals surface area contributed by atoms with Crippen LogP contribution in [0.25, 0.3) is 0 Å². The van der Waals surface area contributed by atoms with Crippen molar-refractivity contribution in [1.82, 2.24) is 0 Å². The van der Waals surface area contributed by atoms with Gasteiger partial charge in [0.05, 0.1) is 4.92 Å². The molecule has 0 amide bonds. The molecule has 0 unspecified atom stereocenters. The van der Waals surface area contributed by atoms with Crippen LogP contribution in [0.1, 0.15) is 15.9 Å². The minimum atomic E-state index is -1.52. The molecule has 1 radical (unpaired) electrons. The van der Waals surface area contributed by atoms with Crippen LogP contribution in [0, 0.1) is 17.0 Å². The Labute approximate surface area is 73.8 Å². The summed E-state index contributed by atoms with van der Waals surface area (Å²) in [7, 11) is 0. The van der Waals surface area contributed by atoms with Crippen molar-refractivity contribution in [2.75, 3.05) is 0 Å². The quantitative estimate of drug-likeness (QED) is 0.510. The summed E-state index contributed by atoms with van der Waals surface area (Å²) in [6.07, 6.45) is 0. The van der Waals surface area contributed by atoms with E-state index in [0.717, 1.165) is 6.07 Å². The second kappa shape index (κ2) is 3.22. The molecule has 1 rings (SSSR count). The topological polar surface area (TPSA) is 80.1 Å². The number of carbonyl (C=O) groups excluding carboxylic acids is 1. The Bertz CT molecular complexity index is 372. The van der Waals surface area contributed by atoms with Crippen molar-refractivity contribution < 1.29 is 14.8 Å². The van der Waals surface area contributed by atoms with Gasteiger partial charge in [-0.25, -0.2) is 9.90 Å². The molecule has 0 bridgehead atoms. The lowest BCUT2D eigenvalue weighted by atomic mass is 10.1. The van der Waals surface area contributed by atoms with Crippen LogP contribution >= 0.6 is 0 Å². The second-order valence-corrected chi connectivity index (χ2v) is 2.51. The van der Waals surface area contributed by atoms with Gasteiger partial charge in [-0.1, -0.05) is 12.1 Å². The first-order valence-electron chi connectivity index (χ1n) is 3.49. The number of hydrogen-bond acceptors (Lipinski definition) is 3. The van der Waals surface area contributed by atoms with Gasteiger partial charge in [-0.15, -0.1) is 0 Å². The summed E-state index contributed by atoms with van der Waals surface area (Å²) >= 11 is 0. The summed E-state index contributed by atoms with van der Waals surface area (Å²) in [4.78, 5) is 20.2. The molecule has 0 saturated carbocycles. The molecule has 67 valence electrons. The number of hydrogen-bond donors (Lipinski definition) is 0. The predicted octanol–water partition coefficient (Wildman–Crippen LogP) is 1.47. The average molecular weight is 180 g/mol. The molecule has 1 aromatic carbocycles. The predicted molar refractivity (Wildman–Crippen MR) is 42.9 cm³/mol. The van der Waals surface area contributed by atoms with Gasteiger partial charge in [-0.05, 0) is 12.5 Å². The lowest BCUT2D eigenvalue weighted by Crippen LogP contribution is -2.03. The summed E-state index contributed by atoms with van der Waals surface area (Å²) in [6.45, 7) is 1.48. The van der Waals surface area contributed by atoms with E-state index in [1.54, 1.807) is 0 Å². The summed E-state index contributed by atoms with van der Waals surface area (Å²) < 4.78 is 0. The van der Waals surface area contributed by atoms with Gasteiger partial charge in [0, 0.05) is 6.07 Å². The third kappa shape index (κ3) is 1.64. The minimum Gasteiger partial charge on any atom is -0.258 e. The van der Waals surface area contributed by atoms with Gasteiger partial charge in [-0.3, -0.25) is 10.1 Å². The van der Waals surface area contributed by atoms with Gasteiger partial charge in [0.25, 0.3) is 5.69 Å². The smallest absolute Gasteiger partial charge is 0.258 e. The zero-order valence-corrected chi connectivity index (χ0v) is 6.81. The third-order valence-electron chi connectivity index (χ3n) is 1.65. The highest BCUT2D eigenvalue weighted by Gasteiger charge is 2.22. The molecule has 0 saturated heterocycles. The zero-order valence-electron chi connectivity index (χ0n) is 6.81. The first kappa shape index (κ1) is 9.18. The van der Waals surface area contributed by atoms with Gasteiger partial charge in [0.2, 0.25) is 0 Å². The molecule has 0 atom stereocenters. The standard InChI is InChI=1S/C8H6NO4/c1-5-3-2-4-6(9(12)13)7(5)8(10)11/h2-4H,1H3. The van der Waals surface area contributed by atoms with E-state index in [4.69, 9.17) is 0 Å². The summed E-state index contributed by atoms with van der Waals surface area (Å²) in [5.74, 6) is -1.52. The maximum absolute atomic E-state index is 10.5. The van der Waals surface area contributed by atoms with Crippen LogP contribution in [0.15, 0.2) is 18.2 Å². The number of nitro benzene ring substituents is 1. The van der Waals surface area contributed by atoms with Gasteiger partial charge >= 0.3 is 5.97 Å². The van der Waals surface area contributed by atoms with Crippen LogP contribution in [0.5, 0.6) is 0 Å². The van der Waals surface area contributed by atoms with E-state index in [9.17, 15) is 20.0 Å². The van der Waals surface area contributed by atoms with E-state index in [-0.39, 0.29) is 5.56 Å². The van der Waals surface area contributed by atoms with Crippen LogP contribution < -0.4 is 0 Å². The molecule has 0 aromatic heterocycles. The maximum atomic E-state index is 10.5. The zero-order chi connectivity index (χ0) is 10.0. The highest BCUT2D eigenvalue weighted by Crippen LogP contribution is 2.21. The number of carbonyl (C=O) groups is 1. The first-order valence-corrected chi connectivity index (χ1v) is 3.49. The fraction of sp³-hybridized carbons (Fsp3) is 0.125. The van der Waals surface area contributed by atoms with E-state index in [0.29, 0.717) is 5.56 Å². The second-order valence-electron chi connectivity index (χ2n) is 2.51. The molecule has 5 heteroatoms. The van der Waals surface area contributed by atoms with Crippen molar-refractivity contribution in [3.8, 4) is 0 Å². The van der Waals surface area contributed by atoms with Gasteiger partial charge < -0.3 is 0 Å². The molecule has 1 aromatic rings. The lowest BCUT2D eigenvalue weighted by molar-refractivity contribution is -0.385. The monoisotopic (exact) mass is 180 g/mol. The first-order chi connectivity index (χ1) is 6.04. The normalized spacial score (nSPS) is 9.62. The molecule has 0 aliphatic rings. The number of benzene rings is 1. The molecule has 0 aliphatic carbocycles. The van der Waals surface area contributed by atoms with Crippen molar-refractivity contribution in [1.29, 1.82) is 0 Å². The Balaban J connectivity index is 3.43. The number of nitro groups is 1. The van der Waals surface area contributed by atoms with Crippen molar-refractivity contribution >= 4 is 11.7 Å². The van der Waals surface area contributed by atoms with Gasteiger partial charge in [-0.2, -0.15) is 0 Å². The highest BCUT2D eigenvalue weighted by molar-refractivity contribution is 5.93. The minimum absolute atomic E-state index is 0.328. The maximum Gasteiger partial charge on any atom is 0.393 e. The fourth-order valence-corrected chi connectivity index (χ4v) is 1.07. The van der Waals surface area contributed by atoms with E-state index in [1.165, 1.54) is 19.1 Å². The van der Waals surface area contributed by atoms with Crippen LogP contribution in [0.2, 0.25) is 0 Å². The molecule has 0 spiro atoms. The van der Waals surface area contributed by atoms with Crippen molar-refractivity contribution in [3.63, 3.8) is 0 Å². The summed E-state index contributed by atoms with van der Waals surface area (Å²) in [6, 6.07) is 4.05. The van der Waals surface area contributed by atoms with Crippen LogP contribution in [0.3, 0.4) is 0 Å².